The van der Waals surface area contributed by atoms with Gasteiger partial charge >= 0.3 is 0 Å². The molecule has 3 rings (SSSR count). The summed E-state index contributed by atoms with van der Waals surface area (Å²) in [6, 6.07) is 27.3. The second-order valence-corrected chi connectivity index (χ2v) is 11.4. The summed E-state index contributed by atoms with van der Waals surface area (Å²) < 4.78 is 11.9. The summed E-state index contributed by atoms with van der Waals surface area (Å²) in [6.45, 7) is 2.51. The molecule has 0 saturated heterocycles. The number of aromatic hydroxyl groups is 1. The molecular weight excluding hydrogens is 504 g/mol. The SMILES string of the molecule is Oc1cccc(COCCCCCCCCCc2ccccc2)c1COCCCCCCCCCc1ccccc1. The van der Waals surface area contributed by atoms with E-state index in [1.807, 2.05) is 12.1 Å². The van der Waals surface area contributed by atoms with E-state index < -0.39 is 0 Å². The molecule has 224 valence electrons. The first-order valence-corrected chi connectivity index (χ1v) is 16.4. The minimum Gasteiger partial charge on any atom is -0.508 e. The number of hydrogen-bond donors (Lipinski definition) is 1. The van der Waals surface area contributed by atoms with Crippen molar-refractivity contribution in [3.05, 3.63) is 101 Å². The second-order valence-electron chi connectivity index (χ2n) is 11.4. The van der Waals surface area contributed by atoms with Crippen molar-refractivity contribution in [1.82, 2.24) is 0 Å². The van der Waals surface area contributed by atoms with Gasteiger partial charge in [-0.15, -0.1) is 0 Å². The van der Waals surface area contributed by atoms with E-state index in [0.29, 0.717) is 19.0 Å². The molecule has 0 atom stereocenters. The van der Waals surface area contributed by atoms with E-state index in [0.717, 1.165) is 37.2 Å². The number of phenols is 1. The Balaban J connectivity index is 1.13. The van der Waals surface area contributed by atoms with Crippen LogP contribution in [0.1, 0.15) is 112 Å². The minimum absolute atomic E-state index is 0.314. The van der Waals surface area contributed by atoms with Crippen LogP contribution in [0.25, 0.3) is 0 Å². The summed E-state index contributed by atoms with van der Waals surface area (Å²) in [7, 11) is 0. The van der Waals surface area contributed by atoms with E-state index in [4.69, 9.17) is 9.47 Å². The fourth-order valence-electron chi connectivity index (χ4n) is 5.40. The molecule has 0 aliphatic heterocycles. The number of aryl methyl sites for hydroxylation is 2. The van der Waals surface area contributed by atoms with E-state index in [1.165, 1.54) is 101 Å². The topological polar surface area (TPSA) is 38.7 Å². The van der Waals surface area contributed by atoms with E-state index in [2.05, 4.69) is 60.7 Å². The average molecular weight is 559 g/mol. The smallest absolute Gasteiger partial charge is 0.121 e. The zero-order valence-electron chi connectivity index (χ0n) is 25.4. The van der Waals surface area contributed by atoms with Gasteiger partial charge in [-0.05, 0) is 61.3 Å². The van der Waals surface area contributed by atoms with Gasteiger partial charge in [0.05, 0.1) is 13.2 Å². The predicted octanol–water partition coefficient (Wildman–Crippen LogP) is 10.4. The molecule has 41 heavy (non-hydrogen) atoms. The molecule has 0 bridgehead atoms. The summed E-state index contributed by atoms with van der Waals surface area (Å²) in [5, 5.41) is 10.4. The van der Waals surface area contributed by atoms with Crippen LogP contribution in [0, 0.1) is 0 Å². The van der Waals surface area contributed by atoms with Crippen molar-refractivity contribution in [2.75, 3.05) is 13.2 Å². The molecule has 3 heteroatoms. The lowest BCUT2D eigenvalue weighted by Gasteiger charge is -2.13. The molecule has 3 nitrogen and oxygen atoms in total. The molecule has 0 unspecified atom stereocenters. The van der Waals surface area contributed by atoms with Gasteiger partial charge < -0.3 is 14.6 Å². The average Bonchev–Trinajstić information content (AvgIpc) is 3.00. The maximum atomic E-state index is 10.4. The molecule has 1 N–H and O–H groups in total. The Morgan fingerprint density at radius 1 is 0.415 bits per heavy atom. The van der Waals surface area contributed by atoms with E-state index in [9.17, 15) is 5.11 Å². The van der Waals surface area contributed by atoms with E-state index in [-0.39, 0.29) is 0 Å². The summed E-state index contributed by atoms with van der Waals surface area (Å²) in [6.07, 6.45) is 20.1. The highest BCUT2D eigenvalue weighted by molar-refractivity contribution is 5.38. The summed E-state index contributed by atoms with van der Waals surface area (Å²) in [5.41, 5.74) is 4.83. The van der Waals surface area contributed by atoms with Crippen LogP contribution >= 0.6 is 0 Å². The molecule has 0 aromatic heterocycles. The van der Waals surface area contributed by atoms with Crippen molar-refractivity contribution in [2.24, 2.45) is 0 Å². The van der Waals surface area contributed by atoms with Crippen LogP contribution in [0.4, 0.5) is 0 Å². The van der Waals surface area contributed by atoms with Crippen LogP contribution in [0.3, 0.4) is 0 Å². The minimum atomic E-state index is 0.314. The molecule has 0 saturated carbocycles. The molecule has 0 amide bonds. The van der Waals surface area contributed by atoms with E-state index >= 15 is 0 Å². The van der Waals surface area contributed by atoms with Gasteiger partial charge in [0.2, 0.25) is 0 Å². The predicted molar refractivity (Wildman–Crippen MR) is 172 cm³/mol. The number of rotatable bonds is 24. The van der Waals surface area contributed by atoms with Gasteiger partial charge in [-0.1, -0.05) is 137 Å². The Morgan fingerprint density at radius 3 is 1.37 bits per heavy atom. The maximum Gasteiger partial charge on any atom is 0.121 e. The van der Waals surface area contributed by atoms with Crippen LogP contribution in [0.5, 0.6) is 5.75 Å². The van der Waals surface area contributed by atoms with Gasteiger partial charge in [0.25, 0.3) is 0 Å². The van der Waals surface area contributed by atoms with Gasteiger partial charge in [0.1, 0.15) is 5.75 Å². The Hall–Kier alpha value is -2.62. The number of benzene rings is 3. The lowest BCUT2D eigenvalue weighted by Crippen LogP contribution is -2.03. The standard InChI is InChI=1S/C38H54O3/c39-38-29-21-28-36(32-40-30-19-9-5-1-3-7-13-22-34-24-15-11-16-25-34)37(38)33-41-31-20-10-6-2-4-8-14-23-35-26-17-12-18-27-35/h11-12,15-18,21,24-29,39H,1-10,13-14,19-20,22-23,30-33H2. The van der Waals surface area contributed by atoms with E-state index in [1.54, 1.807) is 6.07 Å². The van der Waals surface area contributed by atoms with Crippen molar-refractivity contribution >= 4 is 0 Å². The summed E-state index contributed by atoms with van der Waals surface area (Å²) in [4.78, 5) is 0. The van der Waals surface area contributed by atoms with Crippen molar-refractivity contribution in [1.29, 1.82) is 0 Å². The fraction of sp³-hybridized carbons (Fsp3) is 0.526. The third kappa shape index (κ3) is 15.3. The molecule has 0 spiro atoms. The Labute approximate surface area is 250 Å². The van der Waals surface area contributed by atoms with Crippen LogP contribution in [-0.2, 0) is 35.5 Å². The van der Waals surface area contributed by atoms with Crippen molar-refractivity contribution in [2.45, 2.75) is 116 Å². The zero-order valence-corrected chi connectivity index (χ0v) is 25.4. The highest BCUT2D eigenvalue weighted by Gasteiger charge is 2.08. The number of hydrogen-bond acceptors (Lipinski definition) is 3. The van der Waals surface area contributed by atoms with Crippen molar-refractivity contribution in [3.8, 4) is 5.75 Å². The quantitative estimate of drug-likeness (QED) is 0.111. The molecule has 0 heterocycles. The van der Waals surface area contributed by atoms with Crippen molar-refractivity contribution in [3.63, 3.8) is 0 Å². The number of unbranched alkanes of at least 4 members (excludes halogenated alkanes) is 12. The van der Waals surface area contributed by atoms with Gasteiger partial charge in [-0.25, -0.2) is 0 Å². The maximum absolute atomic E-state index is 10.4. The molecule has 0 fully saturated rings. The summed E-state index contributed by atoms with van der Waals surface area (Å²) in [5.74, 6) is 0.314. The first-order valence-electron chi connectivity index (χ1n) is 16.4. The zero-order chi connectivity index (χ0) is 28.6. The highest BCUT2D eigenvalue weighted by atomic mass is 16.5. The number of ether oxygens (including phenoxy) is 2. The van der Waals surface area contributed by atoms with Crippen LogP contribution in [0.2, 0.25) is 0 Å². The van der Waals surface area contributed by atoms with Gasteiger partial charge in [0, 0.05) is 18.8 Å². The molecule has 3 aromatic rings. The van der Waals surface area contributed by atoms with Crippen LogP contribution in [-0.4, -0.2) is 18.3 Å². The van der Waals surface area contributed by atoms with Gasteiger partial charge in [-0.2, -0.15) is 0 Å². The van der Waals surface area contributed by atoms with Crippen molar-refractivity contribution < 1.29 is 14.6 Å². The third-order valence-electron chi connectivity index (χ3n) is 7.95. The van der Waals surface area contributed by atoms with Crippen LogP contribution in [0.15, 0.2) is 78.9 Å². The lowest BCUT2D eigenvalue weighted by molar-refractivity contribution is 0.102. The second kappa shape index (κ2) is 22.0. The monoisotopic (exact) mass is 558 g/mol. The molecule has 3 aromatic carbocycles. The molecule has 0 aliphatic rings. The molecule has 0 aliphatic carbocycles. The first kappa shape index (κ1) is 32.9. The number of phenolic OH excluding ortho intramolecular Hbond substituents is 1. The molecule has 0 radical (unpaired) electrons. The van der Waals surface area contributed by atoms with Gasteiger partial charge in [0.15, 0.2) is 0 Å². The Morgan fingerprint density at radius 2 is 0.854 bits per heavy atom. The normalized spacial score (nSPS) is 11.2. The highest BCUT2D eigenvalue weighted by Crippen LogP contribution is 2.23. The fourth-order valence-corrected chi connectivity index (χ4v) is 5.40. The molecular formula is C38H54O3. The summed E-state index contributed by atoms with van der Waals surface area (Å²) >= 11 is 0. The van der Waals surface area contributed by atoms with Gasteiger partial charge in [-0.3, -0.25) is 0 Å². The Bertz CT molecular complexity index is 1020. The Kier molecular flexibility index (Phi) is 17.7. The third-order valence-corrected chi connectivity index (χ3v) is 7.95. The first-order chi connectivity index (χ1) is 20.3. The lowest BCUT2D eigenvalue weighted by atomic mass is 10.0. The van der Waals surface area contributed by atoms with Crippen LogP contribution < -0.4 is 0 Å². The largest absolute Gasteiger partial charge is 0.508 e.